The van der Waals surface area contributed by atoms with E-state index < -0.39 is 0 Å². The molecule has 4 nitrogen and oxygen atoms in total. The number of hydrogen-bond acceptors (Lipinski definition) is 3. The van der Waals surface area contributed by atoms with Crippen molar-refractivity contribution in [2.45, 2.75) is 26.2 Å². The minimum Gasteiger partial charge on any atom is -0.466 e. The highest BCUT2D eigenvalue weighted by molar-refractivity contribution is 5.80. The van der Waals surface area contributed by atoms with Gasteiger partial charge in [0.2, 0.25) is 5.91 Å². The van der Waals surface area contributed by atoms with E-state index >= 15 is 0 Å². The molecular weight excluding hydrogens is 273 g/mol. The molecule has 0 aromatic heterocycles. The summed E-state index contributed by atoms with van der Waals surface area (Å²) in [4.78, 5) is 25.6. The van der Waals surface area contributed by atoms with Gasteiger partial charge in [0, 0.05) is 13.1 Å². The molecule has 1 fully saturated rings. The number of amides is 1. The third kappa shape index (κ3) is 4.03. The van der Waals surface area contributed by atoms with Crippen molar-refractivity contribution < 1.29 is 18.7 Å². The van der Waals surface area contributed by atoms with E-state index in [1.807, 2.05) is 0 Å². The van der Waals surface area contributed by atoms with E-state index in [-0.39, 0.29) is 30.0 Å². The van der Waals surface area contributed by atoms with Crippen LogP contribution in [-0.2, 0) is 20.7 Å². The zero-order valence-electron chi connectivity index (χ0n) is 12.2. The first-order valence-electron chi connectivity index (χ1n) is 7.29. The SMILES string of the molecule is CCOC(=O)[C@@H]1CCCN(C(=O)Cc2ccccc2F)C1. The van der Waals surface area contributed by atoms with Crippen LogP contribution in [0.1, 0.15) is 25.3 Å². The van der Waals surface area contributed by atoms with Gasteiger partial charge < -0.3 is 9.64 Å². The van der Waals surface area contributed by atoms with Gasteiger partial charge in [-0.15, -0.1) is 0 Å². The zero-order chi connectivity index (χ0) is 15.2. The van der Waals surface area contributed by atoms with Crippen LogP contribution in [0, 0.1) is 11.7 Å². The summed E-state index contributed by atoms with van der Waals surface area (Å²) < 4.78 is 18.6. The van der Waals surface area contributed by atoms with Gasteiger partial charge in [-0.1, -0.05) is 18.2 Å². The van der Waals surface area contributed by atoms with Crippen molar-refractivity contribution in [1.29, 1.82) is 0 Å². The summed E-state index contributed by atoms with van der Waals surface area (Å²) in [5, 5.41) is 0. The number of likely N-dealkylation sites (tertiary alicyclic amines) is 1. The summed E-state index contributed by atoms with van der Waals surface area (Å²) in [5.41, 5.74) is 0.390. The van der Waals surface area contributed by atoms with Gasteiger partial charge in [0.25, 0.3) is 0 Å². The second-order valence-electron chi connectivity index (χ2n) is 5.20. The van der Waals surface area contributed by atoms with Crippen molar-refractivity contribution in [1.82, 2.24) is 4.90 Å². The van der Waals surface area contributed by atoms with Crippen LogP contribution in [-0.4, -0.2) is 36.5 Å². The first-order chi connectivity index (χ1) is 10.1. The number of rotatable bonds is 4. The standard InChI is InChI=1S/C16H20FNO3/c1-2-21-16(20)13-7-5-9-18(11-13)15(19)10-12-6-3-4-8-14(12)17/h3-4,6,8,13H,2,5,7,9-11H2,1H3/t13-/m1/s1. The molecule has 21 heavy (non-hydrogen) atoms. The van der Waals surface area contributed by atoms with Gasteiger partial charge in [-0.3, -0.25) is 9.59 Å². The van der Waals surface area contributed by atoms with E-state index in [1.54, 1.807) is 30.0 Å². The minimum atomic E-state index is -0.371. The molecular formula is C16H20FNO3. The van der Waals surface area contributed by atoms with Gasteiger partial charge >= 0.3 is 5.97 Å². The maximum atomic E-state index is 13.6. The van der Waals surface area contributed by atoms with E-state index in [4.69, 9.17) is 4.74 Å². The molecule has 114 valence electrons. The Morgan fingerprint density at radius 1 is 1.38 bits per heavy atom. The molecule has 0 spiro atoms. The first-order valence-corrected chi connectivity index (χ1v) is 7.29. The van der Waals surface area contributed by atoms with Crippen molar-refractivity contribution in [3.63, 3.8) is 0 Å². The monoisotopic (exact) mass is 293 g/mol. The normalized spacial score (nSPS) is 18.4. The summed E-state index contributed by atoms with van der Waals surface area (Å²) >= 11 is 0. The minimum absolute atomic E-state index is 0.0300. The second-order valence-corrected chi connectivity index (χ2v) is 5.20. The number of hydrogen-bond donors (Lipinski definition) is 0. The molecule has 1 saturated heterocycles. The molecule has 0 radical (unpaired) electrons. The summed E-state index contributed by atoms with van der Waals surface area (Å²) in [6.07, 6.45) is 1.54. The van der Waals surface area contributed by atoms with E-state index in [2.05, 4.69) is 0 Å². The molecule has 1 aromatic carbocycles. The van der Waals surface area contributed by atoms with Crippen LogP contribution in [0.4, 0.5) is 4.39 Å². The smallest absolute Gasteiger partial charge is 0.310 e. The number of ether oxygens (including phenoxy) is 1. The Labute approximate surface area is 123 Å². The number of piperidine rings is 1. The highest BCUT2D eigenvalue weighted by Gasteiger charge is 2.29. The molecule has 0 aliphatic carbocycles. The number of esters is 1. The fourth-order valence-electron chi connectivity index (χ4n) is 2.57. The lowest BCUT2D eigenvalue weighted by Crippen LogP contribution is -2.43. The fraction of sp³-hybridized carbons (Fsp3) is 0.500. The zero-order valence-corrected chi connectivity index (χ0v) is 12.2. The van der Waals surface area contributed by atoms with Gasteiger partial charge in [-0.2, -0.15) is 0 Å². The van der Waals surface area contributed by atoms with Gasteiger partial charge in [-0.25, -0.2) is 4.39 Å². The average molecular weight is 293 g/mol. The van der Waals surface area contributed by atoms with E-state index in [0.29, 0.717) is 25.3 Å². The second kappa shape index (κ2) is 7.20. The molecule has 0 N–H and O–H groups in total. The first kappa shape index (κ1) is 15.5. The van der Waals surface area contributed by atoms with E-state index in [9.17, 15) is 14.0 Å². The molecule has 0 saturated carbocycles. The molecule has 1 amide bonds. The lowest BCUT2D eigenvalue weighted by molar-refractivity contribution is -0.151. The van der Waals surface area contributed by atoms with Gasteiger partial charge in [0.05, 0.1) is 18.9 Å². The van der Waals surface area contributed by atoms with Crippen molar-refractivity contribution in [2.24, 2.45) is 5.92 Å². The van der Waals surface area contributed by atoms with Crippen molar-refractivity contribution in [2.75, 3.05) is 19.7 Å². The van der Waals surface area contributed by atoms with Crippen molar-refractivity contribution in [3.05, 3.63) is 35.6 Å². The Hall–Kier alpha value is -1.91. The topological polar surface area (TPSA) is 46.6 Å². The predicted molar refractivity (Wildman–Crippen MR) is 76.0 cm³/mol. The molecule has 1 aliphatic heterocycles. The summed E-state index contributed by atoms with van der Waals surface area (Å²) in [6, 6.07) is 6.27. The maximum Gasteiger partial charge on any atom is 0.310 e. The molecule has 1 aromatic rings. The number of benzene rings is 1. The number of carbonyl (C=O) groups is 2. The number of carbonyl (C=O) groups excluding carboxylic acids is 2. The summed E-state index contributed by atoms with van der Waals surface area (Å²) in [5.74, 6) is -1.02. The Kier molecular flexibility index (Phi) is 5.31. The molecule has 1 aliphatic rings. The van der Waals surface area contributed by atoms with Crippen LogP contribution in [0.5, 0.6) is 0 Å². The fourth-order valence-corrected chi connectivity index (χ4v) is 2.57. The lowest BCUT2D eigenvalue weighted by atomic mass is 9.97. The van der Waals surface area contributed by atoms with Gasteiger partial charge in [0.15, 0.2) is 0 Å². The maximum absolute atomic E-state index is 13.6. The van der Waals surface area contributed by atoms with Crippen molar-refractivity contribution >= 4 is 11.9 Å². The Balaban J connectivity index is 1.96. The number of nitrogens with zero attached hydrogens (tertiary/aromatic N) is 1. The Morgan fingerprint density at radius 3 is 2.86 bits per heavy atom. The largest absolute Gasteiger partial charge is 0.466 e. The van der Waals surface area contributed by atoms with E-state index in [1.165, 1.54) is 6.07 Å². The quantitative estimate of drug-likeness (QED) is 0.799. The van der Waals surface area contributed by atoms with Gasteiger partial charge in [0.1, 0.15) is 5.82 Å². The molecule has 0 bridgehead atoms. The van der Waals surface area contributed by atoms with Crippen LogP contribution >= 0.6 is 0 Å². The highest BCUT2D eigenvalue weighted by Crippen LogP contribution is 2.19. The van der Waals surface area contributed by atoms with Crippen LogP contribution in [0.15, 0.2) is 24.3 Å². The van der Waals surface area contributed by atoms with Crippen LogP contribution < -0.4 is 0 Å². The summed E-state index contributed by atoms with van der Waals surface area (Å²) in [7, 11) is 0. The van der Waals surface area contributed by atoms with Crippen LogP contribution in [0.3, 0.4) is 0 Å². The summed E-state index contributed by atoms with van der Waals surface area (Å²) in [6.45, 7) is 3.09. The Morgan fingerprint density at radius 2 is 2.14 bits per heavy atom. The molecule has 1 heterocycles. The Bertz CT molecular complexity index is 518. The average Bonchev–Trinajstić information content (AvgIpc) is 2.50. The highest BCUT2D eigenvalue weighted by atomic mass is 19.1. The molecule has 5 heteroatoms. The number of halogens is 1. The molecule has 2 rings (SSSR count). The third-order valence-electron chi connectivity index (χ3n) is 3.69. The van der Waals surface area contributed by atoms with Gasteiger partial charge in [-0.05, 0) is 31.4 Å². The van der Waals surface area contributed by atoms with E-state index in [0.717, 1.165) is 12.8 Å². The molecule has 1 atom stereocenters. The van der Waals surface area contributed by atoms with Crippen LogP contribution in [0.25, 0.3) is 0 Å². The molecule has 0 unspecified atom stereocenters. The predicted octanol–water partition coefficient (Wildman–Crippen LogP) is 2.17. The third-order valence-corrected chi connectivity index (χ3v) is 3.69. The van der Waals surface area contributed by atoms with Crippen molar-refractivity contribution in [3.8, 4) is 0 Å². The lowest BCUT2D eigenvalue weighted by Gasteiger charge is -2.31. The van der Waals surface area contributed by atoms with Crippen LogP contribution in [0.2, 0.25) is 0 Å².